The van der Waals surface area contributed by atoms with Gasteiger partial charge in [-0.05, 0) is 72.6 Å². The van der Waals surface area contributed by atoms with E-state index in [0.29, 0.717) is 11.3 Å². The van der Waals surface area contributed by atoms with Crippen molar-refractivity contribution in [2.24, 2.45) is 5.10 Å². The number of H-pyrrole nitrogens is 1. The van der Waals surface area contributed by atoms with Gasteiger partial charge in [-0.1, -0.05) is 52.3 Å². The number of rotatable bonds is 8. The lowest BCUT2D eigenvalue weighted by molar-refractivity contribution is -0.137. The second-order valence-corrected chi connectivity index (χ2v) is 10.2. The molecule has 0 aliphatic heterocycles. The van der Waals surface area contributed by atoms with E-state index in [1.807, 2.05) is 48.5 Å². The number of benzene rings is 4. The minimum absolute atomic E-state index is 0.0159. The maximum absolute atomic E-state index is 13.2. The molecule has 0 aliphatic rings. The Hall–Kier alpha value is -4.90. The highest BCUT2D eigenvalue weighted by atomic mass is 79.9. The van der Waals surface area contributed by atoms with Crippen molar-refractivity contribution >= 4 is 44.9 Å². The van der Waals surface area contributed by atoms with E-state index in [1.54, 1.807) is 13.0 Å². The standard InChI is InChI=1S/C32H23BrF3N3O4/c1-2-42-27-15-19(11-14-26(27)43-31(41)21-9-6-10-22(16-21)32(34,35)36)18-37-39-30(40)29-28(20-7-4-3-5-8-20)24-17-23(33)12-13-25(24)38-29/h3-18,38H,2H2,1H3,(H,39,40). The topological polar surface area (TPSA) is 92.8 Å². The van der Waals surface area contributed by atoms with E-state index >= 15 is 0 Å². The van der Waals surface area contributed by atoms with Crippen LogP contribution in [0, 0.1) is 0 Å². The number of amides is 1. The van der Waals surface area contributed by atoms with E-state index in [1.165, 1.54) is 24.4 Å². The molecule has 1 heterocycles. The van der Waals surface area contributed by atoms with Gasteiger partial charge in [0.15, 0.2) is 11.5 Å². The first-order chi connectivity index (χ1) is 20.6. The SMILES string of the molecule is CCOc1cc(C=NNC(=O)c2[nH]c3ccc(Br)cc3c2-c2ccccc2)ccc1OC(=O)c1cccc(C(F)(F)F)c1. The fourth-order valence-electron chi connectivity index (χ4n) is 4.40. The number of hydrazone groups is 1. The number of carbonyl (C=O) groups is 2. The lowest BCUT2D eigenvalue weighted by Crippen LogP contribution is -2.18. The fraction of sp³-hybridized carbons (Fsp3) is 0.0938. The van der Waals surface area contributed by atoms with Crippen molar-refractivity contribution in [1.82, 2.24) is 10.4 Å². The van der Waals surface area contributed by atoms with Gasteiger partial charge in [0.05, 0.1) is 23.9 Å². The molecule has 0 fully saturated rings. The van der Waals surface area contributed by atoms with Gasteiger partial charge in [0.2, 0.25) is 0 Å². The summed E-state index contributed by atoms with van der Waals surface area (Å²) < 4.78 is 51.0. The molecule has 218 valence electrons. The number of hydrogen-bond donors (Lipinski definition) is 2. The fourth-order valence-corrected chi connectivity index (χ4v) is 4.76. The van der Waals surface area contributed by atoms with Gasteiger partial charge in [0.25, 0.3) is 5.91 Å². The number of aromatic nitrogens is 1. The first-order valence-corrected chi connectivity index (χ1v) is 13.8. The smallest absolute Gasteiger partial charge is 0.416 e. The second-order valence-electron chi connectivity index (χ2n) is 9.24. The highest BCUT2D eigenvalue weighted by Crippen LogP contribution is 2.35. The Morgan fingerprint density at radius 3 is 2.49 bits per heavy atom. The molecule has 0 aliphatic carbocycles. The van der Waals surface area contributed by atoms with Crippen LogP contribution in [0.1, 0.15) is 38.9 Å². The molecule has 0 radical (unpaired) electrons. The molecule has 0 spiro atoms. The summed E-state index contributed by atoms with van der Waals surface area (Å²) in [6.45, 7) is 1.95. The van der Waals surface area contributed by atoms with Gasteiger partial charge in [-0.15, -0.1) is 0 Å². The molecule has 11 heteroatoms. The normalized spacial score (nSPS) is 11.6. The summed E-state index contributed by atoms with van der Waals surface area (Å²) in [7, 11) is 0. The van der Waals surface area contributed by atoms with E-state index in [-0.39, 0.29) is 23.7 Å². The zero-order valence-corrected chi connectivity index (χ0v) is 24.1. The third-order valence-corrected chi connectivity index (χ3v) is 6.82. The summed E-state index contributed by atoms with van der Waals surface area (Å²) in [6.07, 6.45) is -3.21. The van der Waals surface area contributed by atoms with Gasteiger partial charge in [-0.3, -0.25) is 4.79 Å². The van der Waals surface area contributed by atoms with Crippen molar-refractivity contribution in [3.05, 3.63) is 118 Å². The van der Waals surface area contributed by atoms with Crippen LogP contribution in [0.15, 0.2) is 101 Å². The molecule has 0 unspecified atom stereocenters. The predicted octanol–water partition coefficient (Wildman–Crippen LogP) is 8.00. The molecule has 4 aromatic carbocycles. The number of fused-ring (bicyclic) bond motifs is 1. The summed E-state index contributed by atoms with van der Waals surface area (Å²) in [6, 6.07) is 23.7. The van der Waals surface area contributed by atoms with E-state index in [9.17, 15) is 22.8 Å². The molecule has 5 rings (SSSR count). The number of aromatic amines is 1. The van der Waals surface area contributed by atoms with Crippen LogP contribution in [0.3, 0.4) is 0 Å². The van der Waals surface area contributed by atoms with E-state index in [4.69, 9.17) is 9.47 Å². The third-order valence-electron chi connectivity index (χ3n) is 6.33. The first-order valence-electron chi connectivity index (χ1n) is 13.0. The molecule has 7 nitrogen and oxygen atoms in total. The number of carbonyl (C=O) groups excluding carboxylic acids is 2. The van der Waals surface area contributed by atoms with Crippen LogP contribution >= 0.6 is 15.9 Å². The minimum Gasteiger partial charge on any atom is -0.490 e. The number of esters is 1. The number of nitrogens with zero attached hydrogens (tertiary/aromatic N) is 1. The monoisotopic (exact) mass is 649 g/mol. The highest BCUT2D eigenvalue weighted by molar-refractivity contribution is 9.10. The molecule has 0 saturated carbocycles. The van der Waals surface area contributed by atoms with E-state index in [2.05, 4.69) is 31.4 Å². The average Bonchev–Trinajstić information content (AvgIpc) is 3.37. The largest absolute Gasteiger partial charge is 0.490 e. The summed E-state index contributed by atoms with van der Waals surface area (Å²) in [5.74, 6) is -1.24. The van der Waals surface area contributed by atoms with Crippen LogP contribution in [0.5, 0.6) is 11.5 Å². The van der Waals surface area contributed by atoms with Gasteiger partial charge in [0.1, 0.15) is 5.69 Å². The Morgan fingerprint density at radius 1 is 0.953 bits per heavy atom. The van der Waals surface area contributed by atoms with Crippen molar-refractivity contribution in [3.63, 3.8) is 0 Å². The Kier molecular flexibility index (Phi) is 8.63. The van der Waals surface area contributed by atoms with Gasteiger partial charge >= 0.3 is 12.1 Å². The van der Waals surface area contributed by atoms with Crippen molar-refractivity contribution in [1.29, 1.82) is 0 Å². The van der Waals surface area contributed by atoms with Crippen LogP contribution in [-0.2, 0) is 6.18 Å². The van der Waals surface area contributed by atoms with Gasteiger partial charge < -0.3 is 14.5 Å². The molecular weight excluding hydrogens is 627 g/mol. The van der Waals surface area contributed by atoms with Crippen LogP contribution in [0.4, 0.5) is 13.2 Å². The van der Waals surface area contributed by atoms with E-state index < -0.39 is 23.6 Å². The Balaban J connectivity index is 1.35. The summed E-state index contributed by atoms with van der Waals surface area (Å²) >= 11 is 3.49. The van der Waals surface area contributed by atoms with Crippen molar-refractivity contribution in [2.75, 3.05) is 6.61 Å². The molecule has 1 aromatic heterocycles. The van der Waals surface area contributed by atoms with Crippen molar-refractivity contribution in [2.45, 2.75) is 13.1 Å². The molecule has 1 amide bonds. The quantitative estimate of drug-likeness (QED) is 0.0771. The van der Waals surface area contributed by atoms with Gasteiger partial charge in [-0.25, -0.2) is 10.2 Å². The van der Waals surface area contributed by atoms with Crippen LogP contribution in [0.25, 0.3) is 22.0 Å². The van der Waals surface area contributed by atoms with Crippen LogP contribution < -0.4 is 14.9 Å². The number of hydrogen-bond acceptors (Lipinski definition) is 5. The molecule has 0 bridgehead atoms. The Bertz CT molecular complexity index is 1840. The van der Waals surface area contributed by atoms with Gasteiger partial charge in [0, 0.05) is 20.9 Å². The zero-order chi connectivity index (χ0) is 30.6. The minimum atomic E-state index is -4.60. The highest BCUT2D eigenvalue weighted by Gasteiger charge is 2.31. The average molecular weight is 650 g/mol. The summed E-state index contributed by atoms with van der Waals surface area (Å²) in [4.78, 5) is 29.0. The van der Waals surface area contributed by atoms with Crippen molar-refractivity contribution in [3.8, 4) is 22.6 Å². The Morgan fingerprint density at radius 2 is 1.74 bits per heavy atom. The maximum atomic E-state index is 13.2. The summed E-state index contributed by atoms with van der Waals surface area (Å²) in [5.41, 5.74) is 4.54. The van der Waals surface area contributed by atoms with Gasteiger partial charge in [-0.2, -0.15) is 18.3 Å². The second kappa shape index (κ2) is 12.5. The number of alkyl halides is 3. The first kappa shape index (κ1) is 29.6. The van der Waals surface area contributed by atoms with Crippen LogP contribution in [0.2, 0.25) is 0 Å². The lowest BCUT2D eigenvalue weighted by atomic mass is 10.0. The Labute approximate surface area is 252 Å². The summed E-state index contributed by atoms with van der Waals surface area (Å²) in [5, 5.41) is 4.96. The molecule has 43 heavy (non-hydrogen) atoms. The molecular formula is C32H23BrF3N3O4. The van der Waals surface area contributed by atoms with E-state index in [0.717, 1.165) is 44.7 Å². The molecule has 5 aromatic rings. The number of halogens is 4. The molecule has 0 saturated heterocycles. The third kappa shape index (κ3) is 6.78. The lowest BCUT2D eigenvalue weighted by Gasteiger charge is -2.12. The van der Waals surface area contributed by atoms with Crippen molar-refractivity contribution < 1.29 is 32.2 Å². The predicted molar refractivity (Wildman–Crippen MR) is 161 cm³/mol. The van der Waals surface area contributed by atoms with Crippen LogP contribution in [-0.4, -0.2) is 29.7 Å². The number of nitrogens with one attached hydrogen (secondary N) is 2. The maximum Gasteiger partial charge on any atom is 0.416 e. The number of ether oxygens (including phenoxy) is 2. The zero-order valence-electron chi connectivity index (χ0n) is 22.5. The molecule has 0 atom stereocenters. The molecule has 2 N–H and O–H groups in total.